The summed E-state index contributed by atoms with van der Waals surface area (Å²) in [5.74, 6) is 0.502. The van der Waals surface area contributed by atoms with Gasteiger partial charge in [0.2, 0.25) is 0 Å². The molecule has 1 aliphatic heterocycles. The molecule has 0 spiro atoms. The van der Waals surface area contributed by atoms with E-state index in [2.05, 4.69) is 5.32 Å². The zero-order chi connectivity index (χ0) is 20.7. The van der Waals surface area contributed by atoms with Crippen LogP contribution < -0.4 is 10.1 Å². The summed E-state index contributed by atoms with van der Waals surface area (Å²) in [5, 5.41) is 2.57. The van der Waals surface area contributed by atoms with Crippen molar-refractivity contribution in [3.63, 3.8) is 0 Å². The maximum absolute atomic E-state index is 12.7. The molecule has 1 fully saturated rings. The number of sulfone groups is 1. The second kappa shape index (κ2) is 9.77. The Labute approximate surface area is 166 Å². The number of nitrogens with zero attached hydrogens (tertiary/aromatic N) is 1. The van der Waals surface area contributed by atoms with Gasteiger partial charge in [0.15, 0.2) is 16.4 Å². The van der Waals surface area contributed by atoms with E-state index < -0.39 is 15.9 Å². The monoisotopic (exact) mass is 412 g/mol. The summed E-state index contributed by atoms with van der Waals surface area (Å²) in [4.78, 5) is 25.8. The lowest BCUT2D eigenvalue weighted by Crippen LogP contribution is -2.45. The van der Waals surface area contributed by atoms with Crippen LogP contribution in [-0.4, -0.2) is 62.6 Å². The minimum atomic E-state index is -3.09. The molecule has 2 rings (SSSR count). The van der Waals surface area contributed by atoms with E-state index in [0.29, 0.717) is 24.4 Å². The third kappa shape index (κ3) is 6.70. The summed E-state index contributed by atoms with van der Waals surface area (Å²) in [6.45, 7) is 6.21. The third-order valence-electron chi connectivity index (χ3n) is 4.25. The number of hydrogen-bond donors (Lipinski definition) is 1. The van der Waals surface area contributed by atoms with Crippen molar-refractivity contribution < 1.29 is 27.5 Å². The Kier molecular flexibility index (Phi) is 7.68. The van der Waals surface area contributed by atoms with Crippen LogP contribution in [0.3, 0.4) is 0 Å². The minimum absolute atomic E-state index is 0.00437. The largest absolute Gasteiger partial charge is 0.484 e. The van der Waals surface area contributed by atoms with Crippen molar-refractivity contribution in [1.82, 2.24) is 4.90 Å². The number of carbonyl (C=O) groups is 2. The average Bonchev–Trinajstić information content (AvgIpc) is 2.97. The van der Waals surface area contributed by atoms with Crippen molar-refractivity contribution in [3.05, 3.63) is 24.3 Å². The highest BCUT2D eigenvalue weighted by Gasteiger charge is 2.34. The topological polar surface area (TPSA) is 102 Å². The summed E-state index contributed by atoms with van der Waals surface area (Å²) >= 11 is 0. The van der Waals surface area contributed by atoms with Crippen molar-refractivity contribution in [2.45, 2.75) is 33.2 Å². The highest BCUT2D eigenvalue weighted by Crippen LogP contribution is 2.21. The van der Waals surface area contributed by atoms with Crippen LogP contribution in [0.2, 0.25) is 0 Å². The number of anilines is 1. The molecule has 1 heterocycles. The molecule has 1 unspecified atom stereocenters. The number of ether oxygens (including phenoxy) is 2. The fourth-order valence-corrected chi connectivity index (χ4v) is 4.78. The van der Waals surface area contributed by atoms with Gasteiger partial charge in [0, 0.05) is 24.3 Å². The van der Waals surface area contributed by atoms with Crippen LogP contribution >= 0.6 is 0 Å². The minimum Gasteiger partial charge on any atom is -0.484 e. The maximum atomic E-state index is 12.7. The molecule has 28 heavy (non-hydrogen) atoms. The van der Waals surface area contributed by atoms with Crippen molar-refractivity contribution in [2.75, 3.05) is 36.6 Å². The number of hydrogen-bond acceptors (Lipinski definition) is 6. The standard InChI is InChI=1S/C19H28N2O6S/c1-4-26-19(23)20-15-6-5-7-17(10-15)27-12-18(22)21(11-14(2)3)16-8-9-28(24,25)13-16/h5-7,10,14,16H,4,8-9,11-13H2,1-3H3,(H,20,23). The fraction of sp³-hybridized carbons (Fsp3) is 0.579. The number of amides is 2. The fourth-order valence-electron chi connectivity index (χ4n) is 3.05. The van der Waals surface area contributed by atoms with Gasteiger partial charge in [0.25, 0.3) is 5.91 Å². The van der Waals surface area contributed by atoms with Crippen LogP contribution in [0.4, 0.5) is 10.5 Å². The summed E-state index contributed by atoms with van der Waals surface area (Å²) in [6.07, 6.45) is -0.110. The lowest BCUT2D eigenvalue weighted by atomic mass is 10.1. The predicted octanol–water partition coefficient (Wildman–Crippen LogP) is 2.31. The highest BCUT2D eigenvalue weighted by molar-refractivity contribution is 7.91. The first-order chi connectivity index (χ1) is 13.2. The molecule has 1 saturated heterocycles. The van der Waals surface area contributed by atoms with Gasteiger partial charge in [-0.2, -0.15) is 0 Å². The van der Waals surface area contributed by atoms with Crippen LogP contribution in [0.1, 0.15) is 27.2 Å². The van der Waals surface area contributed by atoms with E-state index in [1.807, 2.05) is 13.8 Å². The molecule has 1 aromatic rings. The van der Waals surface area contributed by atoms with E-state index in [9.17, 15) is 18.0 Å². The SMILES string of the molecule is CCOC(=O)Nc1cccc(OCC(=O)N(CC(C)C)C2CCS(=O)(=O)C2)c1. The lowest BCUT2D eigenvalue weighted by Gasteiger charge is -2.30. The Morgan fingerprint density at radius 2 is 2.07 bits per heavy atom. The molecule has 9 heteroatoms. The Balaban J connectivity index is 1.99. The van der Waals surface area contributed by atoms with Gasteiger partial charge in [0.1, 0.15) is 5.75 Å². The van der Waals surface area contributed by atoms with Gasteiger partial charge in [-0.15, -0.1) is 0 Å². The second-order valence-corrected chi connectivity index (χ2v) is 9.39. The first-order valence-electron chi connectivity index (χ1n) is 9.36. The van der Waals surface area contributed by atoms with E-state index in [1.165, 1.54) is 0 Å². The quantitative estimate of drug-likeness (QED) is 0.703. The molecule has 0 aliphatic carbocycles. The van der Waals surface area contributed by atoms with E-state index in [1.54, 1.807) is 36.1 Å². The van der Waals surface area contributed by atoms with Crippen LogP contribution in [-0.2, 0) is 19.4 Å². The van der Waals surface area contributed by atoms with Crippen LogP contribution in [0.5, 0.6) is 5.75 Å². The normalized spacial score (nSPS) is 17.9. The number of carbonyl (C=O) groups excluding carboxylic acids is 2. The summed E-state index contributed by atoms with van der Waals surface area (Å²) in [5.41, 5.74) is 0.490. The third-order valence-corrected chi connectivity index (χ3v) is 6.00. The number of benzene rings is 1. The Morgan fingerprint density at radius 3 is 2.68 bits per heavy atom. The summed E-state index contributed by atoms with van der Waals surface area (Å²) < 4.78 is 34.0. The Bertz CT molecular complexity index is 793. The predicted molar refractivity (Wildman–Crippen MR) is 106 cm³/mol. The number of nitrogens with one attached hydrogen (secondary N) is 1. The lowest BCUT2D eigenvalue weighted by molar-refractivity contribution is -0.135. The van der Waals surface area contributed by atoms with E-state index in [4.69, 9.17) is 9.47 Å². The molecule has 0 bridgehead atoms. The maximum Gasteiger partial charge on any atom is 0.411 e. The van der Waals surface area contributed by atoms with Gasteiger partial charge >= 0.3 is 6.09 Å². The van der Waals surface area contributed by atoms with Gasteiger partial charge < -0.3 is 14.4 Å². The molecule has 2 amide bonds. The van der Waals surface area contributed by atoms with E-state index in [0.717, 1.165) is 0 Å². The Morgan fingerprint density at radius 1 is 1.32 bits per heavy atom. The van der Waals surface area contributed by atoms with Gasteiger partial charge in [0.05, 0.1) is 18.1 Å². The first kappa shape index (κ1) is 22.0. The molecule has 8 nitrogen and oxygen atoms in total. The van der Waals surface area contributed by atoms with Gasteiger partial charge in [-0.3, -0.25) is 10.1 Å². The molecule has 0 aromatic heterocycles. The summed E-state index contributed by atoms with van der Waals surface area (Å²) in [7, 11) is -3.09. The van der Waals surface area contributed by atoms with Crippen molar-refractivity contribution >= 4 is 27.5 Å². The molecule has 0 saturated carbocycles. The Hall–Kier alpha value is -2.29. The van der Waals surface area contributed by atoms with Crippen LogP contribution in [0.25, 0.3) is 0 Å². The van der Waals surface area contributed by atoms with Gasteiger partial charge in [-0.05, 0) is 31.4 Å². The molecule has 1 atom stereocenters. The first-order valence-corrected chi connectivity index (χ1v) is 11.2. The molecule has 156 valence electrons. The van der Waals surface area contributed by atoms with Crippen LogP contribution in [0, 0.1) is 5.92 Å². The average molecular weight is 413 g/mol. The smallest absolute Gasteiger partial charge is 0.411 e. The van der Waals surface area contributed by atoms with Gasteiger partial charge in [-0.25, -0.2) is 13.2 Å². The summed E-state index contributed by atoms with van der Waals surface area (Å²) in [6, 6.07) is 6.34. The second-order valence-electron chi connectivity index (χ2n) is 7.16. The molecule has 1 aliphatic rings. The zero-order valence-corrected chi connectivity index (χ0v) is 17.3. The molecule has 1 aromatic carbocycles. The molecule has 1 N–H and O–H groups in total. The zero-order valence-electron chi connectivity index (χ0n) is 16.5. The van der Waals surface area contributed by atoms with E-state index in [-0.39, 0.29) is 42.6 Å². The molecular weight excluding hydrogens is 384 g/mol. The van der Waals surface area contributed by atoms with Crippen molar-refractivity contribution in [3.8, 4) is 5.75 Å². The van der Waals surface area contributed by atoms with Crippen molar-refractivity contribution in [1.29, 1.82) is 0 Å². The van der Waals surface area contributed by atoms with Gasteiger partial charge in [-0.1, -0.05) is 19.9 Å². The highest BCUT2D eigenvalue weighted by atomic mass is 32.2. The van der Waals surface area contributed by atoms with Crippen molar-refractivity contribution in [2.24, 2.45) is 5.92 Å². The molecule has 0 radical (unpaired) electrons. The van der Waals surface area contributed by atoms with Crippen LogP contribution in [0.15, 0.2) is 24.3 Å². The molecular formula is C19H28N2O6S. The number of rotatable bonds is 8. The van der Waals surface area contributed by atoms with E-state index >= 15 is 0 Å².